The van der Waals surface area contributed by atoms with Crippen molar-refractivity contribution in [2.75, 3.05) is 0 Å². The molecule has 3 aromatic rings. The molecule has 4 nitrogen and oxygen atoms in total. The molecule has 0 spiro atoms. The van der Waals surface area contributed by atoms with Gasteiger partial charge in [0.2, 0.25) is 0 Å². The highest BCUT2D eigenvalue weighted by molar-refractivity contribution is 5.97. The zero-order valence-electron chi connectivity index (χ0n) is 9.23. The quantitative estimate of drug-likeness (QED) is 0.645. The van der Waals surface area contributed by atoms with Crippen LogP contribution >= 0.6 is 0 Å². The molecule has 17 heavy (non-hydrogen) atoms. The van der Waals surface area contributed by atoms with E-state index in [1.54, 1.807) is 28.7 Å². The molecule has 0 aliphatic rings. The molecule has 0 radical (unpaired) electrons. The van der Waals surface area contributed by atoms with Crippen molar-refractivity contribution in [2.24, 2.45) is 0 Å². The molecular weight excluding hydrogens is 216 g/mol. The van der Waals surface area contributed by atoms with Crippen LogP contribution in [0.5, 0.6) is 0 Å². The second kappa shape index (κ2) is 3.31. The van der Waals surface area contributed by atoms with E-state index < -0.39 is 0 Å². The first-order valence-corrected chi connectivity index (χ1v) is 5.31. The number of carbonyl (C=O) groups is 1. The Morgan fingerprint density at radius 1 is 1.24 bits per heavy atom. The van der Waals surface area contributed by atoms with Crippen molar-refractivity contribution in [1.82, 2.24) is 9.38 Å². The molecular formula is C13H10N2O2. The van der Waals surface area contributed by atoms with E-state index in [0.717, 1.165) is 11.0 Å². The van der Waals surface area contributed by atoms with Crippen LogP contribution in [0.4, 0.5) is 0 Å². The van der Waals surface area contributed by atoms with E-state index in [2.05, 4.69) is 4.98 Å². The smallest absolute Gasteiger partial charge is 0.272 e. The Balaban J connectivity index is 2.53. The third-order valence-corrected chi connectivity index (χ3v) is 2.89. The number of H-pyrrole nitrogens is 1. The van der Waals surface area contributed by atoms with E-state index in [9.17, 15) is 9.59 Å². The molecule has 0 saturated carbocycles. The molecule has 0 atom stereocenters. The number of aromatic nitrogens is 2. The normalized spacial score (nSPS) is 11.1. The number of ketones is 1. The number of nitrogens with one attached hydrogen (secondary N) is 1. The van der Waals surface area contributed by atoms with Gasteiger partial charge in [0.15, 0.2) is 5.78 Å². The van der Waals surface area contributed by atoms with Gasteiger partial charge in [0, 0.05) is 11.8 Å². The number of hydrogen-bond donors (Lipinski definition) is 1. The van der Waals surface area contributed by atoms with E-state index >= 15 is 0 Å². The van der Waals surface area contributed by atoms with Gasteiger partial charge in [0.25, 0.3) is 5.56 Å². The van der Waals surface area contributed by atoms with Crippen molar-refractivity contribution in [3.05, 3.63) is 52.4 Å². The van der Waals surface area contributed by atoms with E-state index in [1.807, 2.05) is 12.3 Å². The first kappa shape index (κ1) is 9.84. The SMILES string of the molecule is CC(=O)c1ccc2[nH]c(=O)c3cccn3c2c1. The number of aromatic amines is 1. The lowest BCUT2D eigenvalue weighted by Crippen LogP contribution is -2.09. The van der Waals surface area contributed by atoms with E-state index in [-0.39, 0.29) is 11.3 Å². The highest BCUT2D eigenvalue weighted by atomic mass is 16.1. The van der Waals surface area contributed by atoms with Crippen LogP contribution in [-0.4, -0.2) is 15.2 Å². The summed E-state index contributed by atoms with van der Waals surface area (Å²) in [5.41, 5.74) is 2.65. The standard InChI is InChI=1S/C13H10N2O2/c1-8(16)9-4-5-10-12(7-9)15-6-2-3-11(15)13(17)14-10/h2-7H,1H3,(H,14,17). The van der Waals surface area contributed by atoms with Gasteiger partial charge in [-0.2, -0.15) is 0 Å². The average molecular weight is 226 g/mol. The minimum Gasteiger partial charge on any atom is -0.319 e. The van der Waals surface area contributed by atoms with E-state index in [0.29, 0.717) is 11.1 Å². The molecule has 0 aliphatic heterocycles. The fourth-order valence-electron chi connectivity index (χ4n) is 2.02. The van der Waals surface area contributed by atoms with E-state index in [4.69, 9.17) is 0 Å². The fraction of sp³-hybridized carbons (Fsp3) is 0.0769. The van der Waals surface area contributed by atoms with Gasteiger partial charge in [0.1, 0.15) is 5.52 Å². The third kappa shape index (κ3) is 1.38. The van der Waals surface area contributed by atoms with Crippen molar-refractivity contribution in [3.63, 3.8) is 0 Å². The van der Waals surface area contributed by atoms with Gasteiger partial charge in [-0.15, -0.1) is 0 Å². The number of nitrogens with zero attached hydrogens (tertiary/aromatic N) is 1. The molecule has 0 aliphatic carbocycles. The molecule has 2 aromatic heterocycles. The Hall–Kier alpha value is -2.36. The van der Waals surface area contributed by atoms with Crippen molar-refractivity contribution in [3.8, 4) is 0 Å². The van der Waals surface area contributed by atoms with Crippen LogP contribution in [0.1, 0.15) is 17.3 Å². The van der Waals surface area contributed by atoms with Gasteiger partial charge in [-0.1, -0.05) is 0 Å². The van der Waals surface area contributed by atoms with E-state index in [1.165, 1.54) is 6.92 Å². The topological polar surface area (TPSA) is 54.3 Å². The monoisotopic (exact) mass is 226 g/mol. The predicted octanol–water partition coefficient (Wildman–Crippen LogP) is 1.98. The summed E-state index contributed by atoms with van der Waals surface area (Å²) in [6.07, 6.45) is 1.82. The second-order valence-electron chi connectivity index (χ2n) is 4.01. The molecule has 4 heteroatoms. The summed E-state index contributed by atoms with van der Waals surface area (Å²) in [5, 5.41) is 0. The summed E-state index contributed by atoms with van der Waals surface area (Å²) in [4.78, 5) is 25.9. The van der Waals surface area contributed by atoms with Crippen LogP contribution in [-0.2, 0) is 0 Å². The lowest BCUT2D eigenvalue weighted by molar-refractivity contribution is 0.101. The van der Waals surface area contributed by atoms with Crippen LogP contribution in [0.3, 0.4) is 0 Å². The molecule has 0 fully saturated rings. The van der Waals surface area contributed by atoms with Crippen LogP contribution in [0, 0.1) is 0 Å². The van der Waals surface area contributed by atoms with Crippen molar-refractivity contribution >= 4 is 22.3 Å². The third-order valence-electron chi connectivity index (χ3n) is 2.89. The number of Topliss-reactive ketones (excluding diaryl/α,β-unsaturated/α-hetero) is 1. The molecule has 3 rings (SSSR count). The van der Waals surface area contributed by atoms with Crippen LogP contribution in [0.25, 0.3) is 16.6 Å². The maximum absolute atomic E-state index is 11.7. The summed E-state index contributed by atoms with van der Waals surface area (Å²) in [5.74, 6) is 0.0124. The van der Waals surface area contributed by atoms with Crippen molar-refractivity contribution in [2.45, 2.75) is 6.92 Å². The minimum absolute atomic E-state index is 0.0124. The lowest BCUT2D eigenvalue weighted by atomic mass is 10.1. The van der Waals surface area contributed by atoms with Crippen molar-refractivity contribution in [1.29, 1.82) is 0 Å². The number of fused-ring (bicyclic) bond motifs is 3. The van der Waals surface area contributed by atoms with Crippen LogP contribution in [0.15, 0.2) is 41.3 Å². The maximum Gasteiger partial charge on any atom is 0.272 e. The molecule has 1 aromatic carbocycles. The number of hydrogen-bond acceptors (Lipinski definition) is 2. The Kier molecular flexibility index (Phi) is 1.92. The Labute approximate surface area is 96.5 Å². The number of rotatable bonds is 1. The van der Waals surface area contributed by atoms with Gasteiger partial charge < -0.3 is 9.38 Å². The first-order chi connectivity index (χ1) is 8.16. The lowest BCUT2D eigenvalue weighted by Gasteiger charge is -2.04. The molecule has 84 valence electrons. The Bertz CT molecular complexity index is 796. The zero-order valence-corrected chi connectivity index (χ0v) is 9.23. The predicted molar refractivity (Wildman–Crippen MR) is 65.5 cm³/mol. The zero-order chi connectivity index (χ0) is 12.0. The average Bonchev–Trinajstić information content (AvgIpc) is 2.78. The fourth-order valence-corrected chi connectivity index (χ4v) is 2.02. The van der Waals surface area contributed by atoms with Gasteiger partial charge in [-0.05, 0) is 37.3 Å². The van der Waals surface area contributed by atoms with Crippen LogP contribution in [0.2, 0.25) is 0 Å². The highest BCUT2D eigenvalue weighted by Crippen LogP contribution is 2.15. The molecule has 1 N–H and O–H groups in total. The summed E-state index contributed by atoms with van der Waals surface area (Å²) in [6, 6.07) is 8.83. The molecule has 0 bridgehead atoms. The van der Waals surface area contributed by atoms with Gasteiger partial charge >= 0.3 is 0 Å². The Morgan fingerprint density at radius 3 is 2.82 bits per heavy atom. The first-order valence-electron chi connectivity index (χ1n) is 5.31. The maximum atomic E-state index is 11.7. The summed E-state index contributed by atoms with van der Waals surface area (Å²) < 4.78 is 1.79. The van der Waals surface area contributed by atoms with Gasteiger partial charge in [-0.3, -0.25) is 9.59 Å². The molecule has 0 amide bonds. The number of carbonyl (C=O) groups excluding carboxylic acids is 1. The highest BCUT2D eigenvalue weighted by Gasteiger charge is 2.06. The summed E-state index contributed by atoms with van der Waals surface area (Å²) >= 11 is 0. The Morgan fingerprint density at radius 2 is 2.06 bits per heavy atom. The molecule has 0 saturated heterocycles. The van der Waals surface area contributed by atoms with Crippen molar-refractivity contribution < 1.29 is 4.79 Å². The van der Waals surface area contributed by atoms with Gasteiger partial charge in [-0.25, -0.2) is 0 Å². The summed E-state index contributed by atoms with van der Waals surface area (Å²) in [6.45, 7) is 1.53. The summed E-state index contributed by atoms with van der Waals surface area (Å²) in [7, 11) is 0. The minimum atomic E-state index is -0.127. The van der Waals surface area contributed by atoms with Crippen LogP contribution < -0.4 is 5.56 Å². The molecule has 2 heterocycles. The molecule has 0 unspecified atom stereocenters. The largest absolute Gasteiger partial charge is 0.319 e. The van der Waals surface area contributed by atoms with Gasteiger partial charge in [0.05, 0.1) is 11.0 Å². The number of benzene rings is 1. The second-order valence-corrected chi connectivity index (χ2v) is 4.01.